The smallest absolute Gasteiger partial charge is 0.317 e. The molecule has 1 heterocycles. The fourth-order valence-electron chi connectivity index (χ4n) is 2.68. The second-order valence-electron chi connectivity index (χ2n) is 5.56. The summed E-state index contributed by atoms with van der Waals surface area (Å²) in [5.74, 6) is -0.766. The van der Waals surface area contributed by atoms with Crippen LogP contribution >= 0.6 is 0 Å². The summed E-state index contributed by atoms with van der Waals surface area (Å²) in [6.07, 6.45) is 0.809. The summed E-state index contributed by atoms with van der Waals surface area (Å²) < 4.78 is 0. The Morgan fingerprint density at radius 3 is 2.62 bits per heavy atom. The number of carboxylic acid groups (broad SMARTS) is 1. The number of amides is 1. The zero-order valence-electron chi connectivity index (χ0n) is 12.6. The lowest BCUT2D eigenvalue weighted by atomic mass is 10.0. The van der Waals surface area contributed by atoms with Crippen LogP contribution in [0.3, 0.4) is 0 Å². The summed E-state index contributed by atoms with van der Waals surface area (Å²) in [6.45, 7) is 6.62. The van der Waals surface area contributed by atoms with Crippen molar-refractivity contribution in [3.05, 3.63) is 34.9 Å². The molecule has 0 radical (unpaired) electrons. The summed E-state index contributed by atoms with van der Waals surface area (Å²) in [7, 11) is 0. The third-order valence-electron chi connectivity index (χ3n) is 4.07. The molecule has 0 spiro atoms. The monoisotopic (exact) mass is 290 g/mol. The van der Waals surface area contributed by atoms with Gasteiger partial charge in [0.25, 0.3) is 5.91 Å². The molecule has 1 aliphatic rings. The van der Waals surface area contributed by atoms with Crippen molar-refractivity contribution in [1.29, 1.82) is 0 Å². The lowest BCUT2D eigenvalue weighted by Crippen LogP contribution is -2.37. The minimum Gasteiger partial charge on any atom is -0.480 e. The molecule has 5 heteroatoms. The van der Waals surface area contributed by atoms with Crippen molar-refractivity contribution in [3.63, 3.8) is 0 Å². The first-order valence-electron chi connectivity index (χ1n) is 7.28. The highest BCUT2D eigenvalue weighted by Crippen LogP contribution is 2.16. The molecule has 0 aromatic heterocycles. The molecular formula is C16H22N2O3. The van der Waals surface area contributed by atoms with Crippen molar-refractivity contribution < 1.29 is 14.7 Å². The number of hydrogen-bond acceptors (Lipinski definition) is 3. The highest BCUT2D eigenvalue weighted by molar-refractivity contribution is 5.96. The van der Waals surface area contributed by atoms with Gasteiger partial charge in [-0.15, -0.1) is 0 Å². The van der Waals surface area contributed by atoms with Gasteiger partial charge < -0.3 is 10.0 Å². The number of carbonyl (C=O) groups is 2. The number of rotatable bonds is 3. The summed E-state index contributed by atoms with van der Waals surface area (Å²) in [5.41, 5.74) is 2.89. The molecule has 5 nitrogen and oxygen atoms in total. The highest BCUT2D eigenvalue weighted by atomic mass is 16.4. The van der Waals surface area contributed by atoms with Gasteiger partial charge in [0.2, 0.25) is 0 Å². The summed E-state index contributed by atoms with van der Waals surface area (Å²) in [6, 6.07) is 5.78. The van der Waals surface area contributed by atoms with Gasteiger partial charge in [0.05, 0.1) is 6.54 Å². The fourth-order valence-corrected chi connectivity index (χ4v) is 2.68. The van der Waals surface area contributed by atoms with Gasteiger partial charge in [-0.3, -0.25) is 14.5 Å². The molecule has 1 aromatic rings. The highest BCUT2D eigenvalue weighted by Gasteiger charge is 2.22. The van der Waals surface area contributed by atoms with E-state index in [4.69, 9.17) is 5.11 Å². The second kappa shape index (κ2) is 6.72. The lowest BCUT2D eigenvalue weighted by molar-refractivity contribution is -0.138. The third-order valence-corrected chi connectivity index (χ3v) is 4.07. The SMILES string of the molecule is Cc1cccc(C(=O)N2CCCN(CC(=O)O)CC2)c1C. The van der Waals surface area contributed by atoms with E-state index in [1.165, 1.54) is 0 Å². The predicted octanol–water partition coefficient (Wildman–Crippen LogP) is 1.54. The van der Waals surface area contributed by atoms with Crippen LogP contribution in [0.25, 0.3) is 0 Å². The molecule has 0 atom stereocenters. The first-order valence-corrected chi connectivity index (χ1v) is 7.28. The van der Waals surface area contributed by atoms with E-state index in [2.05, 4.69) is 0 Å². The number of hydrogen-bond donors (Lipinski definition) is 1. The quantitative estimate of drug-likeness (QED) is 0.917. The number of benzene rings is 1. The Hall–Kier alpha value is -1.88. The Morgan fingerprint density at radius 1 is 1.14 bits per heavy atom. The van der Waals surface area contributed by atoms with Crippen LogP contribution in [0, 0.1) is 13.8 Å². The van der Waals surface area contributed by atoms with Crippen molar-refractivity contribution >= 4 is 11.9 Å². The zero-order chi connectivity index (χ0) is 15.4. The topological polar surface area (TPSA) is 60.9 Å². The summed E-state index contributed by atoms with van der Waals surface area (Å²) in [5, 5.41) is 8.86. The second-order valence-corrected chi connectivity index (χ2v) is 5.56. The van der Waals surface area contributed by atoms with Crippen molar-refractivity contribution in [1.82, 2.24) is 9.80 Å². The van der Waals surface area contributed by atoms with Crippen LogP contribution in [0.15, 0.2) is 18.2 Å². The molecule has 1 saturated heterocycles. The first kappa shape index (κ1) is 15.5. The Balaban J connectivity index is 2.06. The maximum absolute atomic E-state index is 12.6. The first-order chi connectivity index (χ1) is 9.99. The summed E-state index contributed by atoms with van der Waals surface area (Å²) in [4.78, 5) is 27.1. The molecular weight excluding hydrogens is 268 g/mol. The van der Waals surface area contributed by atoms with Crippen LogP contribution < -0.4 is 0 Å². The number of carboxylic acids is 1. The lowest BCUT2D eigenvalue weighted by Gasteiger charge is -2.22. The molecule has 0 bridgehead atoms. The number of carbonyl (C=O) groups excluding carboxylic acids is 1. The van der Waals surface area contributed by atoms with E-state index in [0.717, 1.165) is 29.7 Å². The Bertz CT molecular complexity index is 542. The van der Waals surface area contributed by atoms with Crippen LogP contribution in [0.4, 0.5) is 0 Å². The van der Waals surface area contributed by atoms with Crippen LogP contribution in [0.5, 0.6) is 0 Å². The maximum atomic E-state index is 12.6. The molecule has 114 valence electrons. The van der Waals surface area contributed by atoms with Gasteiger partial charge in [-0.25, -0.2) is 0 Å². The summed E-state index contributed by atoms with van der Waals surface area (Å²) >= 11 is 0. The zero-order valence-corrected chi connectivity index (χ0v) is 12.6. The van der Waals surface area contributed by atoms with Crippen molar-refractivity contribution in [2.45, 2.75) is 20.3 Å². The van der Waals surface area contributed by atoms with E-state index in [1.54, 1.807) is 0 Å². The Labute approximate surface area is 125 Å². The van der Waals surface area contributed by atoms with Crippen molar-refractivity contribution in [2.75, 3.05) is 32.7 Å². The van der Waals surface area contributed by atoms with Gasteiger partial charge in [-0.2, -0.15) is 0 Å². The standard InChI is InChI=1S/C16H22N2O3/c1-12-5-3-6-14(13(12)2)16(21)18-8-4-7-17(9-10-18)11-15(19)20/h3,5-6H,4,7-11H2,1-2H3,(H,19,20). The van der Waals surface area contributed by atoms with E-state index in [-0.39, 0.29) is 12.5 Å². The van der Waals surface area contributed by atoms with Gasteiger partial charge in [0, 0.05) is 31.7 Å². The van der Waals surface area contributed by atoms with Gasteiger partial charge in [-0.1, -0.05) is 12.1 Å². The molecule has 0 saturated carbocycles. The van der Waals surface area contributed by atoms with Gasteiger partial charge >= 0.3 is 5.97 Å². The van der Waals surface area contributed by atoms with Crippen molar-refractivity contribution in [2.24, 2.45) is 0 Å². The van der Waals surface area contributed by atoms with Crippen LogP contribution in [-0.2, 0) is 4.79 Å². The normalized spacial score (nSPS) is 16.6. The molecule has 1 amide bonds. The van der Waals surface area contributed by atoms with Gasteiger partial charge in [-0.05, 0) is 37.5 Å². The fraction of sp³-hybridized carbons (Fsp3) is 0.500. The van der Waals surface area contributed by atoms with E-state index < -0.39 is 5.97 Å². The minimum absolute atomic E-state index is 0.0471. The molecule has 2 rings (SSSR count). The Morgan fingerprint density at radius 2 is 1.90 bits per heavy atom. The van der Waals surface area contributed by atoms with E-state index in [9.17, 15) is 9.59 Å². The molecule has 0 unspecified atom stereocenters. The molecule has 21 heavy (non-hydrogen) atoms. The van der Waals surface area contributed by atoms with Gasteiger partial charge in [0.1, 0.15) is 0 Å². The van der Waals surface area contributed by atoms with Crippen LogP contribution in [-0.4, -0.2) is 59.5 Å². The average Bonchev–Trinajstić information content (AvgIpc) is 2.66. The number of aliphatic carboxylic acids is 1. The van der Waals surface area contributed by atoms with E-state index >= 15 is 0 Å². The van der Waals surface area contributed by atoms with Crippen LogP contribution in [0.2, 0.25) is 0 Å². The van der Waals surface area contributed by atoms with E-state index in [0.29, 0.717) is 19.6 Å². The molecule has 1 aromatic carbocycles. The Kier molecular flexibility index (Phi) is 4.96. The molecule has 1 aliphatic heterocycles. The average molecular weight is 290 g/mol. The van der Waals surface area contributed by atoms with Crippen LogP contribution in [0.1, 0.15) is 27.9 Å². The largest absolute Gasteiger partial charge is 0.480 e. The van der Waals surface area contributed by atoms with Crippen molar-refractivity contribution in [3.8, 4) is 0 Å². The maximum Gasteiger partial charge on any atom is 0.317 e. The van der Waals surface area contributed by atoms with Gasteiger partial charge in [0.15, 0.2) is 0 Å². The number of aryl methyl sites for hydroxylation is 1. The molecule has 1 fully saturated rings. The number of nitrogens with zero attached hydrogens (tertiary/aromatic N) is 2. The third kappa shape index (κ3) is 3.82. The minimum atomic E-state index is -0.815. The van der Waals surface area contributed by atoms with E-state index in [1.807, 2.05) is 41.8 Å². The molecule has 0 aliphatic carbocycles. The molecule has 1 N–H and O–H groups in total. The predicted molar refractivity (Wildman–Crippen MR) is 80.5 cm³/mol.